The van der Waals surface area contributed by atoms with Crippen LogP contribution in [0.3, 0.4) is 0 Å². The summed E-state index contributed by atoms with van der Waals surface area (Å²) in [6.45, 7) is 14.2. The number of benzene rings is 1. The zero-order chi connectivity index (χ0) is 22.6. The highest BCUT2D eigenvalue weighted by atomic mass is 31.0. The molecule has 2 atom stereocenters. The van der Waals surface area contributed by atoms with Crippen molar-refractivity contribution in [2.45, 2.75) is 93.1 Å². The quantitative estimate of drug-likeness (QED) is 0.223. The fourth-order valence-corrected chi connectivity index (χ4v) is 3.77. The third-order valence-corrected chi connectivity index (χ3v) is 5.35. The van der Waals surface area contributed by atoms with E-state index >= 15 is 0 Å². The van der Waals surface area contributed by atoms with Gasteiger partial charge in [0.15, 0.2) is 6.10 Å². The topological polar surface area (TPSA) is 60.4 Å². The zero-order valence-electron chi connectivity index (χ0n) is 19.3. The third kappa shape index (κ3) is 9.21. The van der Waals surface area contributed by atoms with E-state index in [9.17, 15) is 9.59 Å². The molecular weight excluding hydrogens is 383 g/mol. The predicted molar refractivity (Wildman–Crippen MR) is 121 cm³/mol. The molecule has 29 heavy (non-hydrogen) atoms. The van der Waals surface area contributed by atoms with Crippen LogP contribution >= 0.6 is 9.12 Å². The number of ether oxygens (including phenoxy) is 1. The molecule has 0 N–H and O–H groups in total. The number of ketones is 1. The molecule has 0 aliphatic heterocycles. The summed E-state index contributed by atoms with van der Waals surface area (Å²) < 4.78 is 13.7. The van der Waals surface area contributed by atoms with E-state index in [1.165, 1.54) is 12.8 Å². The first kappa shape index (κ1) is 27.5. The number of carbonyl (C=O) groups is 2. The van der Waals surface area contributed by atoms with Gasteiger partial charge in [-0.05, 0) is 50.2 Å². The van der Waals surface area contributed by atoms with Crippen molar-refractivity contribution in [2.75, 3.05) is 0 Å². The Morgan fingerprint density at radius 3 is 2.00 bits per heavy atom. The predicted octanol–water partition coefficient (Wildman–Crippen LogP) is 6.83. The maximum atomic E-state index is 13.1. The second-order valence-electron chi connectivity index (χ2n) is 8.25. The van der Waals surface area contributed by atoms with E-state index in [1.54, 1.807) is 9.12 Å². The van der Waals surface area contributed by atoms with Crippen LogP contribution in [0.25, 0.3) is 0 Å². The Kier molecular flexibility index (Phi) is 13.7. The summed E-state index contributed by atoms with van der Waals surface area (Å²) in [5, 5.41) is 0. The normalized spacial score (nSPS) is 12.7. The van der Waals surface area contributed by atoms with Crippen molar-refractivity contribution in [2.24, 2.45) is 11.8 Å². The number of hydrogen-bond acceptors (Lipinski definition) is 4. The summed E-state index contributed by atoms with van der Waals surface area (Å²) in [5.74, 6) is 0.182. The van der Waals surface area contributed by atoms with Crippen LogP contribution in [0.15, 0.2) is 12.1 Å². The van der Waals surface area contributed by atoms with E-state index in [4.69, 9.17) is 9.30 Å². The number of unbranched alkanes of at least 4 members (excludes halogenated alkanes) is 1. The Balaban J connectivity index is 0.00000379. The second kappa shape index (κ2) is 14.4. The molecule has 0 aliphatic rings. The molecule has 4 nitrogen and oxygen atoms in total. The summed E-state index contributed by atoms with van der Waals surface area (Å²) in [4.78, 5) is 25.6. The van der Waals surface area contributed by atoms with Crippen molar-refractivity contribution in [3.8, 4) is 0 Å². The second-order valence-corrected chi connectivity index (χ2v) is 8.25. The monoisotopic (exact) mass is 422 g/mol. The number of rotatable bonds is 11. The van der Waals surface area contributed by atoms with Crippen LogP contribution in [0, 0.1) is 32.6 Å². The molecular formula is C24H39O4P. The third-order valence-electron chi connectivity index (χ3n) is 5.35. The van der Waals surface area contributed by atoms with E-state index in [-0.39, 0.29) is 17.7 Å². The average Bonchev–Trinajstić information content (AvgIpc) is 2.66. The average molecular weight is 423 g/mol. The van der Waals surface area contributed by atoms with Gasteiger partial charge in [-0.15, -0.1) is 0 Å². The standard InChI is InChI=1S/C24H38O3.HOP/c1-8-10-11-20(9-2)12-13-21(25)27-24(16(3)4)23(26)22-18(6)14-17(5)15-19(22)7;1-2/h14-16,20,24H,8-13H2,1-7H3;2H. The SMILES string of the molecule is CCCCC(CC)CCC(=O)OC(C(=O)c1c(C)cc(C)cc1C)C(C)C.O=P. The van der Waals surface area contributed by atoms with Crippen molar-refractivity contribution < 1.29 is 18.9 Å². The Labute approximate surface area is 179 Å². The summed E-state index contributed by atoms with van der Waals surface area (Å²) >= 11 is 0. The number of hydrogen-bond donors (Lipinski definition) is 0. The molecule has 5 heteroatoms. The molecule has 0 spiro atoms. The van der Waals surface area contributed by atoms with Crippen LogP contribution in [0.2, 0.25) is 0 Å². The first-order valence-corrected chi connectivity index (χ1v) is 11.1. The van der Waals surface area contributed by atoms with E-state index < -0.39 is 6.10 Å². The lowest BCUT2D eigenvalue weighted by atomic mass is 9.90. The van der Waals surface area contributed by atoms with Crippen molar-refractivity contribution in [1.29, 1.82) is 0 Å². The van der Waals surface area contributed by atoms with E-state index in [2.05, 4.69) is 13.8 Å². The molecule has 1 rings (SSSR count). The van der Waals surface area contributed by atoms with Crippen LogP contribution in [-0.2, 0) is 14.1 Å². The van der Waals surface area contributed by atoms with Crippen LogP contribution in [0.1, 0.15) is 93.3 Å². The van der Waals surface area contributed by atoms with Crippen LogP contribution < -0.4 is 0 Å². The first-order chi connectivity index (χ1) is 13.7. The van der Waals surface area contributed by atoms with Crippen molar-refractivity contribution in [3.05, 3.63) is 34.4 Å². The number of esters is 1. The summed E-state index contributed by atoms with van der Waals surface area (Å²) in [6.07, 6.45) is 5.15. The molecule has 0 saturated carbocycles. The fourth-order valence-electron chi connectivity index (χ4n) is 3.77. The smallest absolute Gasteiger partial charge is 0.306 e. The van der Waals surface area contributed by atoms with Gasteiger partial charge in [0.2, 0.25) is 5.78 Å². The van der Waals surface area contributed by atoms with Gasteiger partial charge in [0.25, 0.3) is 0 Å². The Bertz CT molecular complexity index is 631. The molecule has 0 aliphatic carbocycles. The van der Waals surface area contributed by atoms with Gasteiger partial charge in [0.05, 0.1) is 0 Å². The summed E-state index contributed by atoms with van der Waals surface area (Å²) in [7, 11) is 1.72. The van der Waals surface area contributed by atoms with Gasteiger partial charge in [-0.3, -0.25) is 14.2 Å². The largest absolute Gasteiger partial charge is 0.454 e. The van der Waals surface area contributed by atoms with Crippen LogP contribution in [0.5, 0.6) is 0 Å². The van der Waals surface area contributed by atoms with Crippen molar-refractivity contribution in [3.63, 3.8) is 0 Å². The van der Waals surface area contributed by atoms with Gasteiger partial charge in [-0.2, -0.15) is 0 Å². The fraction of sp³-hybridized carbons (Fsp3) is 0.667. The molecule has 1 aromatic carbocycles. The summed E-state index contributed by atoms with van der Waals surface area (Å²) in [6, 6.07) is 4.03. The highest BCUT2D eigenvalue weighted by Crippen LogP contribution is 2.23. The lowest BCUT2D eigenvalue weighted by Crippen LogP contribution is -2.33. The highest BCUT2D eigenvalue weighted by Gasteiger charge is 2.29. The number of Topliss-reactive ketones (excluding diaryl/α,β-unsaturated/α-hetero) is 1. The van der Waals surface area contributed by atoms with Crippen molar-refractivity contribution in [1.82, 2.24) is 0 Å². The molecule has 1 aromatic rings. The molecule has 0 heterocycles. The lowest BCUT2D eigenvalue weighted by Gasteiger charge is -2.23. The summed E-state index contributed by atoms with van der Waals surface area (Å²) in [5.41, 5.74) is 3.73. The zero-order valence-corrected chi connectivity index (χ0v) is 20.3. The van der Waals surface area contributed by atoms with Gasteiger partial charge in [-0.25, -0.2) is 0 Å². The molecule has 0 fully saturated rings. The maximum Gasteiger partial charge on any atom is 0.306 e. The number of carbonyl (C=O) groups excluding carboxylic acids is 2. The minimum Gasteiger partial charge on any atom is -0.454 e. The lowest BCUT2D eigenvalue weighted by molar-refractivity contribution is -0.149. The highest BCUT2D eigenvalue weighted by molar-refractivity contribution is 7.00. The molecule has 0 saturated heterocycles. The molecule has 0 bridgehead atoms. The maximum absolute atomic E-state index is 13.1. The molecule has 164 valence electrons. The van der Waals surface area contributed by atoms with Crippen LogP contribution in [-0.4, -0.2) is 17.9 Å². The van der Waals surface area contributed by atoms with Crippen LogP contribution in [0.4, 0.5) is 0 Å². The van der Waals surface area contributed by atoms with E-state index in [0.717, 1.165) is 36.0 Å². The van der Waals surface area contributed by atoms with E-state index in [1.807, 2.05) is 46.8 Å². The van der Waals surface area contributed by atoms with Gasteiger partial charge in [0.1, 0.15) is 9.12 Å². The van der Waals surface area contributed by atoms with Gasteiger partial charge >= 0.3 is 5.97 Å². The Hall–Kier alpha value is -1.54. The molecule has 0 amide bonds. The van der Waals surface area contributed by atoms with Gasteiger partial charge < -0.3 is 4.74 Å². The first-order valence-electron chi connectivity index (χ1n) is 10.7. The van der Waals surface area contributed by atoms with Crippen molar-refractivity contribution >= 4 is 20.9 Å². The minimum absolute atomic E-state index is 0.0522. The molecule has 0 radical (unpaired) electrons. The number of aryl methyl sites for hydroxylation is 3. The van der Waals surface area contributed by atoms with Gasteiger partial charge in [0, 0.05) is 12.0 Å². The van der Waals surface area contributed by atoms with Gasteiger partial charge in [-0.1, -0.05) is 71.1 Å². The Morgan fingerprint density at radius 1 is 1.00 bits per heavy atom. The Morgan fingerprint density at radius 2 is 1.55 bits per heavy atom. The minimum atomic E-state index is -0.715. The molecule has 2 unspecified atom stereocenters. The molecule has 0 aromatic heterocycles. The van der Waals surface area contributed by atoms with E-state index in [0.29, 0.717) is 17.9 Å².